The molecule has 3 rings (SSSR count). The number of halogens is 3. The molecule has 1 saturated heterocycles. The Bertz CT molecular complexity index is 847. The summed E-state index contributed by atoms with van der Waals surface area (Å²) in [5.74, 6) is -0.525. The molecule has 0 aromatic heterocycles. The van der Waals surface area contributed by atoms with Crippen LogP contribution in [-0.2, 0) is 4.79 Å². The zero-order valence-corrected chi connectivity index (χ0v) is 17.1. The monoisotopic (exact) mass is 433 g/mol. The predicted octanol–water partition coefficient (Wildman–Crippen LogP) is 3.93. The Kier molecular flexibility index (Phi) is 7.94. The summed E-state index contributed by atoms with van der Waals surface area (Å²) >= 11 is 0. The first kappa shape index (κ1) is 22.7. The summed E-state index contributed by atoms with van der Waals surface area (Å²) in [6.45, 7) is 5.47. The number of nitrogens with one attached hydrogen (secondary N) is 1. The molecule has 0 saturated carbocycles. The predicted molar refractivity (Wildman–Crippen MR) is 115 cm³/mol. The molecular weight excluding hydrogens is 407 g/mol. The second-order valence-corrected chi connectivity index (χ2v) is 7.26. The number of ether oxygens (including phenoxy) is 1. The van der Waals surface area contributed by atoms with Crippen molar-refractivity contribution >= 4 is 17.7 Å². The summed E-state index contributed by atoms with van der Waals surface area (Å²) in [7, 11) is 0. The number of benzene rings is 2. The van der Waals surface area contributed by atoms with Crippen molar-refractivity contribution < 1.29 is 22.7 Å². The van der Waals surface area contributed by atoms with E-state index < -0.39 is 6.36 Å². The van der Waals surface area contributed by atoms with Gasteiger partial charge in [0, 0.05) is 44.5 Å². The van der Waals surface area contributed by atoms with E-state index in [0.29, 0.717) is 12.1 Å². The number of anilines is 1. The molecule has 1 aliphatic heterocycles. The molecule has 2 aromatic carbocycles. The largest absolute Gasteiger partial charge is 0.573 e. The minimum atomic E-state index is -4.72. The van der Waals surface area contributed by atoms with Crippen LogP contribution in [0.4, 0.5) is 18.9 Å². The number of alkyl halides is 3. The van der Waals surface area contributed by atoms with Gasteiger partial charge in [-0.1, -0.05) is 30.3 Å². The van der Waals surface area contributed by atoms with E-state index in [1.54, 1.807) is 6.08 Å². The molecule has 0 radical (unpaired) electrons. The summed E-state index contributed by atoms with van der Waals surface area (Å²) in [5, 5.41) is 2.83. The van der Waals surface area contributed by atoms with Gasteiger partial charge < -0.3 is 15.0 Å². The molecule has 31 heavy (non-hydrogen) atoms. The fourth-order valence-electron chi connectivity index (χ4n) is 3.39. The average Bonchev–Trinajstić information content (AvgIpc) is 2.76. The second-order valence-electron chi connectivity index (χ2n) is 7.26. The summed E-state index contributed by atoms with van der Waals surface area (Å²) < 4.78 is 40.3. The van der Waals surface area contributed by atoms with Crippen LogP contribution in [0.1, 0.15) is 12.0 Å². The Balaban J connectivity index is 1.31. The first-order valence-electron chi connectivity index (χ1n) is 10.2. The fraction of sp³-hybridized carbons (Fsp3) is 0.348. The van der Waals surface area contributed by atoms with Crippen LogP contribution in [0, 0.1) is 0 Å². The van der Waals surface area contributed by atoms with Gasteiger partial charge in [-0.3, -0.25) is 9.69 Å². The molecule has 1 fully saturated rings. The van der Waals surface area contributed by atoms with Gasteiger partial charge in [-0.15, -0.1) is 13.2 Å². The number of hydrogen-bond donors (Lipinski definition) is 1. The van der Waals surface area contributed by atoms with E-state index >= 15 is 0 Å². The van der Waals surface area contributed by atoms with E-state index in [2.05, 4.69) is 44.1 Å². The van der Waals surface area contributed by atoms with Crippen molar-refractivity contribution in [3.05, 3.63) is 66.2 Å². The van der Waals surface area contributed by atoms with Crippen LogP contribution in [0.2, 0.25) is 0 Å². The summed E-state index contributed by atoms with van der Waals surface area (Å²) in [6, 6.07) is 15.7. The number of nitrogens with zero attached hydrogens (tertiary/aromatic N) is 2. The van der Waals surface area contributed by atoms with Crippen molar-refractivity contribution in [3.63, 3.8) is 0 Å². The van der Waals surface area contributed by atoms with Gasteiger partial charge in [0.05, 0.1) is 0 Å². The third-order valence-electron chi connectivity index (χ3n) is 4.98. The minimum Gasteiger partial charge on any atom is -0.406 e. The minimum absolute atomic E-state index is 0.232. The van der Waals surface area contributed by atoms with E-state index in [0.717, 1.165) is 39.1 Å². The number of piperazine rings is 1. The van der Waals surface area contributed by atoms with Crippen LogP contribution >= 0.6 is 0 Å². The molecule has 8 heteroatoms. The molecule has 0 spiro atoms. The quantitative estimate of drug-likeness (QED) is 0.506. The van der Waals surface area contributed by atoms with E-state index in [1.807, 2.05) is 6.07 Å². The van der Waals surface area contributed by atoms with Gasteiger partial charge >= 0.3 is 6.36 Å². The van der Waals surface area contributed by atoms with Crippen molar-refractivity contribution in [2.24, 2.45) is 0 Å². The molecule has 166 valence electrons. The van der Waals surface area contributed by atoms with Crippen molar-refractivity contribution in [2.45, 2.75) is 12.8 Å². The first-order valence-corrected chi connectivity index (χ1v) is 10.2. The lowest BCUT2D eigenvalue weighted by Crippen LogP contribution is -2.47. The summed E-state index contributed by atoms with van der Waals surface area (Å²) in [5.41, 5.74) is 1.87. The van der Waals surface area contributed by atoms with Crippen molar-refractivity contribution in [1.29, 1.82) is 0 Å². The smallest absolute Gasteiger partial charge is 0.406 e. The Labute approximate surface area is 180 Å². The highest BCUT2D eigenvalue weighted by Crippen LogP contribution is 2.23. The lowest BCUT2D eigenvalue weighted by Gasteiger charge is -2.36. The van der Waals surface area contributed by atoms with Crippen LogP contribution in [0.25, 0.3) is 6.08 Å². The normalized spacial score (nSPS) is 15.3. The standard InChI is InChI=1S/C23H26F3N3O2/c24-23(25,26)31-21-10-7-19(8-11-21)9-12-22(30)27-13-4-14-28-15-17-29(18-16-28)20-5-2-1-3-6-20/h1-3,5-12H,4,13-18H2,(H,27,30)/b12-9+. The van der Waals surface area contributed by atoms with Crippen molar-refractivity contribution in [3.8, 4) is 5.75 Å². The van der Waals surface area contributed by atoms with Crippen molar-refractivity contribution in [2.75, 3.05) is 44.2 Å². The molecular formula is C23H26F3N3O2. The van der Waals surface area contributed by atoms with Crippen LogP contribution in [-0.4, -0.2) is 56.4 Å². The molecule has 2 aromatic rings. The maximum Gasteiger partial charge on any atom is 0.573 e. The molecule has 1 heterocycles. The number of carbonyl (C=O) groups is 1. The Morgan fingerprint density at radius 3 is 2.32 bits per heavy atom. The Morgan fingerprint density at radius 2 is 1.68 bits per heavy atom. The van der Waals surface area contributed by atoms with Gasteiger partial charge in [0.1, 0.15) is 5.75 Å². The number of amides is 1. The zero-order valence-electron chi connectivity index (χ0n) is 17.1. The molecule has 0 atom stereocenters. The van der Waals surface area contributed by atoms with Gasteiger partial charge in [-0.2, -0.15) is 0 Å². The topological polar surface area (TPSA) is 44.8 Å². The molecule has 5 nitrogen and oxygen atoms in total. The summed E-state index contributed by atoms with van der Waals surface area (Å²) in [6.07, 6.45) is -0.936. The number of hydrogen-bond acceptors (Lipinski definition) is 4. The van der Waals surface area contributed by atoms with E-state index in [1.165, 1.54) is 36.0 Å². The Hall–Kier alpha value is -3.00. The highest BCUT2D eigenvalue weighted by molar-refractivity contribution is 5.91. The van der Waals surface area contributed by atoms with Gasteiger partial charge in [0.15, 0.2) is 0 Å². The molecule has 1 aliphatic rings. The highest BCUT2D eigenvalue weighted by atomic mass is 19.4. The number of para-hydroxylation sites is 1. The third kappa shape index (κ3) is 7.97. The van der Waals surface area contributed by atoms with E-state index in [9.17, 15) is 18.0 Å². The SMILES string of the molecule is O=C(/C=C/c1ccc(OC(F)(F)F)cc1)NCCCN1CCN(c2ccccc2)CC1. The van der Waals surface area contributed by atoms with Gasteiger partial charge in [-0.05, 0) is 48.9 Å². The van der Waals surface area contributed by atoms with Crippen LogP contribution in [0.5, 0.6) is 5.75 Å². The third-order valence-corrected chi connectivity index (χ3v) is 4.98. The highest BCUT2D eigenvalue weighted by Gasteiger charge is 2.30. The number of carbonyl (C=O) groups excluding carboxylic acids is 1. The average molecular weight is 433 g/mol. The van der Waals surface area contributed by atoms with E-state index in [-0.39, 0.29) is 11.7 Å². The first-order chi connectivity index (χ1) is 14.9. The van der Waals surface area contributed by atoms with Gasteiger partial charge in [-0.25, -0.2) is 0 Å². The second kappa shape index (κ2) is 10.9. The fourth-order valence-corrected chi connectivity index (χ4v) is 3.39. The summed E-state index contributed by atoms with van der Waals surface area (Å²) in [4.78, 5) is 16.7. The van der Waals surface area contributed by atoms with Crippen LogP contribution < -0.4 is 15.0 Å². The zero-order chi connectivity index (χ0) is 22.1. The van der Waals surface area contributed by atoms with Crippen molar-refractivity contribution in [1.82, 2.24) is 10.2 Å². The van der Waals surface area contributed by atoms with Gasteiger partial charge in [0.2, 0.25) is 5.91 Å². The molecule has 1 amide bonds. The maximum absolute atomic E-state index is 12.2. The van der Waals surface area contributed by atoms with E-state index in [4.69, 9.17) is 0 Å². The van der Waals surface area contributed by atoms with Crippen LogP contribution in [0.15, 0.2) is 60.7 Å². The molecule has 1 N–H and O–H groups in total. The van der Waals surface area contributed by atoms with Crippen LogP contribution in [0.3, 0.4) is 0 Å². The lowest BCUT2D eigenvalue weighted by atomic mass is 10.2. The van der Waals surface area contributed by atoms with Gasteiger partial charge in [0.25, 0.3) is 0 Å². The molecule has 0 aliphatic carbocycles. The molecule has 0 bridgehead atoms. The molecule has 0 unspecified atom stereocenters. The lowest BCUT2D eigenvalue weighted by molar-refractivity contribution is -0.274. The maximum atomic E-state index is 12.2. The number of rotatable bonds is 8. The Morgan fingerprint density at radius 1 is 1.00 bits per heavy atom.